The van der Waals surface area contributed by atoms with Crippen molar-refractivity contribution in [2.75, 3.05) is 6.54 Å². The highest BCUT2D eigenvalue weighted by Crippen LogP contribution is 2.62. The summed E-state index contributed by atoms with van der Waals surface area (Å²) in [6, 6.07) is 14.7. The van der Waals surface area contributed by atoms with Crippen LogP contribution in [0.5, 0.6) is 0 Å². The van der Waals surface area contributed by atoms with Gasteiger partial charge in [-0.05, 0) is 109 Å². The van der Waals surface area contributed by atoms with Crippen molar-refractivity contribution < 1.29 is 8.78 Å². The first-order chi connectivity index (χ1) is 16.9. The first kappa shape index (κ1) is 23.6. The lowest BCUT2D eigenvalue weighted by atomic mass is 9.49. The third-order valence-electron chi connectivity index (χ3n) is 10.9. The topological polar surface area (TPSA) is 24.1 Å². The molecule has 5 unspecified atom stereocenters. The molecule has 7 atom stereocenters. The normalized spacial score (nSPS) is 38.6. The van der Waals surface area contributed by atoms with Crippen LogP contribution < -0.4 is 10.6 Å². The molecule has 188 valence electrons. The van der Waals surface area contributed by atoms with E-state index in [1.54, 1.807) is 0 Å². The summed E-state index contributed by atoms with van der Waals surface area (Å²) in [5.41, 5.74) is 2.78. The molecule has 4 heteroatoms. The van der Waals surface area contributed by atoms with Gasteiger partial charge >= 0.3 is 0 Å². The Morgan fingerprint density at radius 1 is 0.771 bits per heavy atom. The van der Waals surface area contributed by atoms with Crippen LogP contribution >= 0.6 is 0 Å². The number of rotatable bonds is 4. The predicted octanol–water partition coefficient (Wildman–Crippen LogP) is 7.01. The first-order valence-electron chi connectivity index (χ1n) is 13.9. The number of nitrogens with one attached hydrogen (secondary N) is 2. The van der Waals surface area contributed by atoms with E-state index in [0.717, 1.165) is 28.9 Å². The Hall–Kier alpha value is -1.78. The average Bonchev–Trinajstić information content (AvgIpc) is 3.19. The fourth-order valence-corrected chi connectivity index (χ4v) is 8.98. The van der Waals surface area contributed by atoms with Gasteiger partial charge in [-0.25, -0.2) is 8.78 Å². The van der Waals surface area contributed by atoms with Crippen molar-refractivity contribution in [3.8, 4) is 0 Å². The van der Waals surface area contributed by atoms with Gasteiger partial charge < -0.3 is 10.6 Å². The molecule has 1 heterocycles. The van der Waals surface area contributed by atoms with Crippen LogP contribution in [0.2, 0.25) is 0 Å². The summed E-state index contributed by atoms with van der Waals surface area (Å²) in [6.07, 6.45) is 10.6. The largest absolute Gasteiger partial charge is 0.313 e. The van der Waals surface area contributed by atoms with Crippen LogP contribution in [0, 0.1) is 40.2 Å². The molecule has 0 bridgehead atoms. The van der Waals surface area contributed by atoms with Gasteiger partial charge in [0.05, 0.1) is 6.04 Å². The molecular formula is C31H40F2N2. The molecule has 2 aromatic carbocycles. The molecule has 1 aliphatic heterocycles. The summed E-state index contributed by atoms with van der Waals surface area (Å²) in [6.45, 7) is 6.30. The molecular weight excluding hydrogens is 438 g/mol. The number of hydrogen-bond donors (Lipinski definition) is 2. The van der Waals surface area contributed by atoms with Gasteiger partial charge in [0.25, 0.3) is 0 Å². The lowest BCUT2D eigenvalue weighted by molar-refractivity contribution is -0.0868. The Bertz CT molecular complexity index is 991. The molecule has 2 nitrogen and oxygen atoms in total. The molecule has 6 rings (SSSR count). The van der Waals surface area contributed by atoms with Gasteiger partial charge in [-0.1, -0.05) is 51.0 Å². The highest BCUT2D eigenvalue weighted by molar-refractivity contribution is 5.33. The summed E-state index contributed by atoms with van der Waals surface area (Å²) < 4.78 is 27.4. The Balaban J connectivity index is 1.27. The van der Waals surface area contributed by atoms with Crippen molar-refractivity contribution in [3.05, 3.63) is 71.3 Å². The molecule has 3 aliphatic carbocycles. The Morgan fingerprint density at radius 2 is 1.40 bits per heavy atom. The van der Waals surface area contributed by atoms with Gasteiger partial charge in [0, 0.05) is 12.1 Å². The number of halogens is 2. The van der Waals surface area contributed by atoms with E-state index < -0.39 is 0 Å². The van der Waals surface area contributed by atoms with Crippen molar-refractivity contribution in [2.24, 2.45) is 28.6 Å². The van der Waals surface area contributed by atoms with Crippen LogP contribution in [0.25, 0.3) is 0 Å². The molecule has 35 heavy (non-hydrogen) atoms. The number of hydrogen-bond acceptors (Lipinski definition) is 2. The molecule has 2 aromatic rings. The Kier molecular flexibility index (Phi) is 6.04. The fraction of sp³-hybridized carbons (Fsp3) is 0.613. The van der Waals surface area contributed by atoms with Crippen LogP contribution in [-0.4, -0.2) is 18.6 Å². The number of benzene rings is 2. The van der Waals surface area contributed by atoms with Crippen molar-refractivity contribution in [2.45, 2.75) is 83.3 Å². The van der Waals surface area contributed by atoms with Crippen molar-refractivity contribution in [3.63, 3.8) is 0 Å². The lowest BCUT2D eigenvalue weighted by Gasteiger charge is -2.60. The zero-order valence-corrected chi connectivity index (χ0v) is 21.2. The van der Waals surface area contributed by atoms with E-state index in [1.807, 2.05) is 24.3 Å². The molecule has 0 spiro atoms. The molecule has 1 saturated heterocycles. The van der Waals surface area contributed by atoms with Crippen LogP contribution in [0.3, 0.4) is 0 Å². The Morgan fingerprint density at radius 3 is 2.06 bits per heavy atom. The smallest absolute Gasteiger partial charge is 0.123 e. The molecule has 0 aromatic heterocycles. The maximum Gasteiger partial charge on any atom is 0.123 e. The van der Waals surface area contributed by atoms with Gasteiger partial charge in [-0.2, -0.15) is 0 Å². The van der Waals surface area contributed by atoms with Crippen LogP contribution in [-0.2, 0) is 0 Å². The summed E-state index contributed by atoms with van der Waals surface area (Å²) in [5.74, 6) is 1.88. The summed E-state index contributed by atoms with van der Waals surface area (Å²) in [7, 11) is 0. The summed E-state index contributed by atoms with van der Waals surface area (Å²) in [5, 5.41) is 8.04. The second-order valence-electron chi connectivity index (χ2n) is 12.5. The second kappa shape index (κ2) is 8.95. The maximum absolute atomic E-state index is 13.7. The van der Waals surface area contributed by atoms with Gasteiger partial charge in [0.15, 0.2) is 0 Å². The minimum atomic E-state index is -0.225. The maximum atomic E-state index is 13.7. The van der Waals surface area contributed by atoms with Crippen LogP contribution in [0.4, 0.5) is 8.78 Å². The predicted molar refractivity (Wildman–Crippen MR) is 137 cm³/mol. The van der Waals surface area contributed by atoms with Crippen molar-refractivity contribution in [1.29, 1.82) is 0 Å². The van der Waals surface area contributed by atoms with Gasteiger partial charge in [0.2, 0.25) is 0 Å². The number of fused-ring (bicyclic) bond motifs is 5. The summed E-state index contributed by atoms with van der Waals surface area (Å²) >= 11 is 0. The van der Waals surface area contributed by atoms with Gasteiger partial charge in [0.1, 0.15) is 11.6 Å². The highest BCUT2D eigenvalue weighted by atomic mass is 19.1. The lowest BCUT2D eigenvalue weighted by Crippen LogP contribution is -2.63. The van der Waals surface area contributed by atoms with E-state index in [-0.39, 0.29) is 23.1 Å². The third-order valence-corrected chi connectivity index (χ3v) is 10.9. The monoisotopic (exact) mass is 478 g/mol. The van der Waals surface area contributed by atoms with Crippen molar-refractivity contribution >= 4 is 0 Å². The van der Waals surface area contributed by atoms with Gasteiger partial charge in [-0.15, -0.1) is 0 Å². The quantitative estimate of drug-likeness (QED) is 0.494. The van der Waals surface area contributed by atoms with E-state index in [4.69, 9.17) is 0 Å². The second-order valence-corrected chi connectivity index (χ2v) is 12.5. The molecule has 0 amide bonds. The molecule has 0 radical (unpaired) electrons. The molecule has 3 saturated carbocycles. The number of piperidine rings is 1. The van der Waals surface area contributed by atoms with Gasteiger partial charge in [-0.3, -0.25) is 0 Å². The molecule has 2 N–H and O–H groups in total. The minimum Gasteiger partial charge on any atom is -0.313 e. The zero-order valence-electron chi connectivity index (χ0n) is 21.2. The van der Waals surface area contributed by atoms with Crippen LogP contribution in [0.15, 0.2) is 48.5 Å². The highest BCUT2D eigenvalue weighted by Gasteiger charge is 2.59. The van der Waals surface area contributed by atoms with E-state index >= 15 is 0 Å². The minimum absolute atomic E-state index is 0.0702. The summed E-state index contributed by atoms with van der Waals surface area (Å²) in [4.78, 5) is 0. The Labute approximate surface area is 209 Å². The van der Waals surface area contributed by atoms with E-state index in [9.17, 15) is 8.78 Å². The van der Waals surface area contributed by atoms with E-state index in [2.05, 4.69) is 24.5 Å². The van der Waals surface area contributed by atoms with Crippen LogP contribution in [0.1, 0.15) is 82.4 Å². The standard InChI is InChI=1S/C31H40F2N2/c1-30-17-4-3-5-27(30)34-19-24-25-14-15-28(31(25,2)18-16-26(24)30)35-29(20-6-10-22(32)11-7-20)21-8-12-23(33)13-9-21/h6-13,24-29,34-35H,3-5,14-19H2,1-2H3/t24?,25?,26?,27?,28?,30-,31+/m1/s1. The van der Waals surface area contributed by atoms with E-state index in [1.165, 1.54) is 82.2 Å². The SMILES string of the molecule is C[C@]12CCCCC1NCC1C2CC[C@]2(C)C(NC(c3ccc(F)cc3)c3ccc(F)cc3)CCC12. The first-order valence-corrected chi connectivity index (χ1v) is 13.9. The van der Waals surface area contributed by atoms with Crippen molar-refractivity contribution in [1.82, 2.24) is 10.6 Å². The van der Waals surface area contributed by atoms with E-state index in [0.29, 0.717) is 17.5 Å². The zero-order chi connectivity index (χ0) is 24.2. The molecule has 4 aliphatic rings. The molecule has 4 fully saturated rings. The third kappa shape index (κ3) is 3.96. The fourth-order valence-electron chi connectivity index (χ4n) is 8.98. The average molecular weight is 479 g/mol.